The largest absolute Gasteiger partial charge is 0.497 e. The topological polar surface area (TPSA) is 44.8 Å². The first kappa shape index (κ1) is 21.5. The number of ether oxygens (including phenoxy) is 3. The molecule has 0 aliphatic heterocycles. The molecule has 0 heterocycles. The fraction of sp³-hybridized carbons (Fsp3) is 0.100. The Bertz CT molecular complexity index is 1490. The van der Waals surface area contributed by atoms with Crippen LogP contribution in [0.15, 0.2) is 97.1 Å². The maximum absolute atomic E-state index is 13.5. The molecule has 0 amide bonds. The Balaban J connectivity index is 1.60. The first-order chi connectivity index (χ1) is 16.7. The Kier molecular flexibility index (Phi) is 5.88. The molecule has 0 saturated carbocycles. The summed E-state index contributed by atoms with van der Waals surface area (Å²) in [6.07, 6.45) is 0.593. The zero-order valence-electron chi connectivity index (χ0n) is 19.1. The molecule has 0 aliphatic carbocycles. The van der Waals surface area contributed by atoms with E-state index in [1.54, 1.807) is 26.4 Å². The molecule has 0 aromatic heterocycles. The van der Waals surface area contributed by atoms with E-state index in [2.05, 4.69) is 6.07 Å². The Hall–Kier alpha value is -4.31. The van der Waals surface area contributed by atoms with Crippen LogP contribution in [0, 0.1) is 0 Å². The highest BCUT2D eigenvalue weighted by molar-refractivity contribution is 6.08. The van der Waals surface area contributed by atoms with Crippen LogP contribution in [0.5, 0.6) is 17.2 Å². The number of benzene rings is 5. The normalized spacial score (nSPS) is 10.9. The van der Waals surface area contributed by atoms with Crippen molar-refractivity contribution in [2.45, 2.75) is 6.42 Å². The standard InChI is InChI=1S/C30H24O4/c1-32-24-12-14-27-23(19-24)17-21-10-6-7-11-26(21)29(27)34-30(31)28-15-13-25(33-2)18-22(28)16-20-8-4-3-5-9-20/h3-15,17-19H,16H2,1-2H3. The van der Waals surface area contributed by atoms with Crippen LogP contribution in [-0.2, 0) is 6.42 Å². The number of rotatable bonds is 6. The molecule has 0 fully saturated rings. The number of carbonyl (C=O) groups excluding carboxylic acids is 1. The van der Waals surface area contributed by atoms with Gasteiger partial charge < -0.3 is 14.2 Å². The lowest BCUT2D eigenvalue weighted by atomic mass is 9.99. The van der Waals surface area contributed by atoms with E-state index >= 15 is 0 Å². The van der Waals surface area contributed by atoms with Crippen molar-refractivity contribution < 1.29 is 19.0 Å². The van der Waals surface area contributed by atoms with Gasteiger partial charge in [0, 0.05) is 10.8 Å². The lowest BCUT2D eigenvalue weighted by Crippen LogP contribution is -2.12. The summed E-state index contributed by atoms with van der Waals surface area (Å²) in [4.78, 5) is 13.5. The molecule has 4 heteroatoms. The van der Waals surface area contributed by atoms with Gasteiger partial charge in [0.15, 0.2) is 0 Å². The summed E-state index contributed by atoms with van der Waals surface area (Å²) in [6.45, 7) is 0. The number of carbonyl (C=O) groups is 1. The Morgan fingerprint density at radius 1 is 0.676 bits per heavy atom. The summed E-state index contributed by atoms with van der Waals surface area (Å²) in [5, 5.41) is 3.67. The highest BCUT2D eigenvalue weighted by Crippen LogP contribution is 2.37. The Morgan fingerprint density at radius 3 is 2.15 bits per heavy atom. The maximum atomic E-state index is 13.5. The van der Waals surface area contributed by atoms with Crippen LogP contribution in [0.25, 0.3) is 21.5 Å². The highest BCUT2D eigenvalue weighted by atomic mass is 16.5. The summed E-state index contributed by atoms with van der Waals surface area (Å²) in [6, 6.07) is 31.3. The van der Waals surface area contributed by atoms with Crippen LogP contribution in [0.4, 0.5) is 0 Å². The fourth-order valence-corrected chi connectivity index (χ4v) is 4.25. The molecular weight excluding hydrogens is 424 g/mol. The van der Waals surface area contributed by atoms with E-state index in [1.165, 1.54) is 0 Å². The summed E-state index contributed by atoms with van der Waals surface area (Å²) in [7, 11) is 3.26. The van der Waals surface area contributed by atoms with Gasteiger partial charge in [-0.1, -0.05) is 54.6 Å². The lowest BCUT2D eigenvalue weighted by molar-refractivity contribution is 0.0738. The summed E-state index contributed by atoms with van der Waals surface area (Å²) in [5.41, 5.74) is 2.47. The predicted molar refractivity (Wildman–Crippen MR) is 135 cm³/mol. The van der Waals surface area contributed by atoms with Gasteiger partial charge in [0.1, 0.15) is 17.2 Å². The van der Waals surface area contributed by atoms with Crippen molar-refractivity contribution in [1.82, 2.24) is 0 Å². The monoisotopic (exact) mass is 448 g/mol. The molecule has 0 N–H and O–H groups in total. The SMILES string of the molecule is COc1ccc(C(=O)Oc2c3ccccc3cc3cc(OC)ccc23)c(Cc2ccccc2)c1. The fourth-order valence-electron chi connectivity index (χ4n) is 4.25. The number of hydrogen-bond donors (Lipinski definition) is 0. The van der Waals surface area contributed by atoms with E-state index in [0.717, 1.165) is 38.4 Å². The minimum Gasteiger partial charge on any atom is -0.497 e. The zero-order valence-corrected chi connectivity index (χ0v) is 19.1. The highest BCUT2D eigenvalue weighted by Gasteiger charge is 2.19. The van der Waals surface area contributed by atoms with Gasteiger partial charge in [-0.15, -0.1) is 0 Å². The van der Waals surface area contributed by atoms with Crippen molar-refractivity contribution in [3.05, 3.63) is 114 Å². The van der Waals surface area contributed by atoms with E-state index < -0.39 is 5.97 Å². The average Bonchev–Trinajstić information content (AvgIpc) is 2.88. The minimum absolute atomic E-state index is 0.401. The van der Waals surface area contributed by atoms with E-state index in [4.69, 9.17) is 14.2 Å². The van der Waals surface area contributed by atoms with E-state index in [0.29, 0.717) is 23.5 Å². The molecular formula is C30H24O4. The number of methoxy groups -OCH3 is 2. The molecule has 34 heavy (non-hydrogen) atoms. The summed E-state index contributed by atoms with van der Waals surface area (Å²) in [5.74, 6) is 1.59. The summed E-state index contributed by atoms with van der Waals surface area (Å²) >= 11 is 0. The van der Waals surface area contributed by atoms with Gasteiger partial charge in [0.2, 0.25) is 0 Å². The third kappa shape index (κ3) is 4.18. The quantitative estimate of drug-likeness (QED) is 0.162. The van der Waals surface area contributed by atoms with E-state index in [-0.39, 0.29) is 0 Å². The van der Waals surface area contributed by atoms with Crippen LogP contribution in [-0.4, -0.2) is 20.2 Å². The molecule has 0 unspecified atom stereocenters. The second kappa shape index (κ2) is 9.28. The number of fused-ring (bicyclic) bond motifs is 2. The molecule has 168 valence electrons. The Morgan fingerprint density at radius 2 is 1.35 bits per heavy atom. The third-order valence-corrected chi connectivity index (χ3v) is 5.98. The molecule has 0 atom stereocenters. The number of esters is 1. The van der Waals surface area contributed by atoms with Crippen molar-refractivity contribution in [3.8, 4) is 17.2 Å². The van der Waals surface area contributed by atoms with E-state index in [9.17, 15) is 4.79 Å². The van der Waals surface area contributed by atoms with Crippen molar-refractivity contribution in [2.75, 3.05) is 14.2 Å². The molecule has 5 aromatic rings. The van der Waals surface area contributed by atoms with Crippen molar-refractivity contribution in [1.29, 1.82) is 0 Å². The Labute approximate surface area is 198 Å². The van der Waals surface area contributed by atoms with Crippen LogP contribution in [0.2, 0.25) is 0 Å². The van der Waals surface area contributed by atoms with Crippen molar-refractivity contribution >= 4 is 27.5 Å². The van der Waals surface area contributed by atoms with Gasteiger partial charge in [0.05, 0.1) is 19.8 Å². The molecule has 5 rings (SSSR count). The van der Waals surface area contributed by atoms with Crippen LogP contribution in [0.3, 0.4) is 0 Å². The van der Waals surface area contributed by atoms with Crippen LogP contribution < -0.4 is 14.2 Å². The molecule has 5 aromatic carbocycles. The van der Waals surface area contributed by atoms with Crippen LogP contribution >= 0.6 is 0 Å². The number of hydrogen-bond acceptors (Lipinski definition) is 4. The molecule has 0 spiro atoms. The predicted octanol–water partition coefficient (Wildman–Crippen LogP) is 6.82. The molecule has 0 saturated heterocycles. The average molecular weight is 449 g/mol. The zero-order chi connectivity index (χ0) is 23.5. The van der Waals surface area contributed by atoms with E-state index in [1.807, 2.05) is 78.9 Å². The maximum Gasteiger partial charge on any atom is 0.343 e. The first-order valence-corrected chi connectivity index (χ1v) is 11.1. The lowest BCUT2D eigenvalue weighted by Gasteiger charge is -2.15. The van der Waals surface area contributed by atoms with Gasteiger partial charge in [-0.2, -0.15) is 0 Å². The molecule has 0 radical (unpaired) electrons. The summed E-state index contributed by atoms with van der Waals surface area (Å²) < 4.78 is 16.9. The van der Waals surface area contributed by atoms with Gasteiger partial charge in [-0.05, 0) is 70.8 Å². The molecule has 0 aliphatic rings. The van der Waals surface area contributed by atoms with Crippen molar-refractivity contribution in [2.24, 2.45) is 0 Å². The van der Waals surface area contributed by atoms with Gasteiger partial charge in [-0.3, -0.25) is 0 Å². The molecule has 0 bridgehead atoms. The van der Waals surface area contributed by atoms with Gasteiger partial charge in [-0.25, -0.2) is 4.79 Å². The minimum atomic E-state index is -0.401. The first-order valence-electron chi connectivity index (χ1n) is 11.1. The second-order valence-electron chi connectivity index (χ2n) is 8.09. The molecule has 4 nitrogen and oxygen atoms in total. The van der Waals surface area contributed by atoms with Crippen molar-refractivity contribution in [3.63, 3.8) is 0 Å². The van der Waals surface area contributed by atoms with Crippen LogP contribution in [0.1, 0.15) is 21.5 Å². The third-order valence-electron chi connectivity index (χ3n) is 5.98. The van der Waals surface area contributed by atoms with Gasteiger partial charge in [0.25, 0.3) is 0 Å². The second-order valence-corrected chi connectivity index (χ2v) is 8.09. The van der Waals surface area contributed by atoms with Gasteiger partial charge >= 0.3 is 5.97 Å². The smallest absolute Gasteiger partial charge is 0.343 e.